The number of ether oxygens (including phenoxy) is 4. The highest BCUT2D eigenvalue weighted by molar-refractivity contribution is 5.81. The van der Waals surface area contributed by atoms with Crippen molar-refractivity contribution in [3.8, 4) is 23.0 Å². The molecule has 168 valence electrons. The van der Waals surface area contributed by atoms with Crippen LogP contribution in [0.1, 0.15) is 36.7 Å². The molecule has 0 bridgehead atoms. The van der Waals surface area contributed by atoms with E-state index in [9.17, 15) is 4.79 Å². The first-order valence-electron chi connectivity index (χ1n) is 10.9. The molecule has 3 aromatic rings. The molecule has 1 atom stereocenters. The van der Waals surface area contributed by atoms with Crippen LogP contribution in [0.4, 0.5) is 0 Å². The number of methoxy groups -OCH3 is 2. The quantitative estimate of drug-likeness (QED) is 0.654. The van der Waals surface area contributed by atoms with Crippen LogP contribution in [0, 0.1) is 0 Å². The van der Waals surface area contributed by atoms with Gasteiger partial charge in [-0.15, -0.1) is 0 Å². The van der Waals surface area contributed by atoms with E-state index < -0.39 is 0 Å². The van der Waals surface area contributed by atoms with E-state index in [2.05, 4.69) is 22.0 Å². The Morgan fingerprint density at radius 3 is 2.66 bits per heavy atom. The first kappa shape index (κ1) is 20.6. The number of fused-ring (bicyclic) bond motifs is 2. The van der Waals surface area contributed by atoms with E-state index in [4.69, 9.17) is 23.9 Å². The maximum Gasteiger partial charge on any atom is 0.258 e. The smallest absolute Gasteiger partial charge is 0.258 e. The van der Waals surface area contributed by atoms with E-state index in [0.29, 0.717) is 48.0 Å². The molecule has 1 aromatic heterocycles. The van der Waals surface area contributed by atoms with Gasteiger partial charge in [-0.2, -0.15) is 0 Å². The zero-order valence-corrected chi connectivity index (χ0v) is 18.3. The monoisotopic (exact) mass is 437 g/mol. The van der Waals surface area contributed by atoms with Gasteiger partial charge in [0.2, 0.25) is 0 Å². The number of likely N-dealkylation sites (tertiary alicyclic amines) is 1. The lowest BCUT2D eigenvalue weighted by atomic mass is 10.0. The Hall–Kier alpha value is -3.26. The predicted octanol–water partition coefficient (Wildman–Crippen LogP) is 3.44. The minimum Gasteiger partial charge on any atom is -0.493 e. The average molecular weight is 437 g/mol. The van der Waals surface area contributed by atoms with Crippen LogP contribution in [0.5, 0.6) is 23.0 Å². The average Bonchev–Trinajstić information content (AvgIpc) is 3.13. The number of hydrogen-bond donors (Lipinski definition) is 1. The van der Waals surface area contributed by atoms with Gasteiger partial charge in [0.1, 0.15) is 5.82 Å². The number of hydrogen-bond acceptors (Lipinski definition) is 7. The number of rotatable bonds is 5. The summed E-state index contributed by atoms with van der Waals surface area (Å²) in [6.07, 6.45) is 3.02. The Kier molecular flexibility index (Phi) is 5.61. The number of benzene rings is 2. The van der Waals surface area contributed by atoms with Crippen molar-refractivity contribution >= 4 is 10.9 Å². The largest absolute Gasteiger partial charge is 0.493 e. The lowest BCUT2D eigenvalue weighted by Crippen LogP contribution is -2.25. The summed E-state index contributed by atoms with van der Waals surface area (Å²) in [6, 6.07) is 9.86. The molecule has 8 heteroatoms. The minimum absolute atomic E-state index is 0.183. The fourth-order valence-corrected chi connectivity index (χ4v) is 4.56. The first-order valence-corrected chi connectivity index (χ1v) is 10.9. The summed E-state index contributed by atoms with van der Waals surface area (Å²) < 4.78 is 22.3. The molecule has 1 fully saturated rings. The van der Waals surface area contributed by atoms with E-state index in [1.807, 2.05) is 6.07 Å². The van der Waals surface area contributed by atoms with E-state index in [1.165, 1.54) is 5.56 Å². The highest BCUT2D eigenvalue weighted by atomic mass is 16.5. The summed E-state index contributed by atoms with van der Waals surface area (Å²) in [6.45, 7) is 2.84. The second-order valence-electron chi connectivity index (χ2n) is 8.12. The van der Waals surface area contributed by atoms with E-state index in [-0.39, 0.29) is 11.6 Å². The minimum atomic E-state index is -0.183. The molecule has 0 spiro atoms. The molecule has 2 aliphatic rings. The molecular formula is C24H27N3O5. The van der Waals surface area contributed by atoms with Crippen molar-refractivity contribution in [3.05, 3.63) is 52.1 Å². The molecule has 2 aliphatic heterocycles. The number of aromatic nitrogens is 2. The van der Waals surface area contributed by atoms with Gasteiger partial charge in [0.15, 0.2) is 23.0 Å². The lowest BCUT2D eigenvalue weighted by Gasteiger charge is -2.25. The molecule has 0 amide bonds. The van der Waals surface area contributed by atoms with Crippen molar-refractivity contribution in [1.29, 1.82) is 0 Å². The third-order valence-electron chi connectivity index (χ3n) is 6.13. The van der Waals surface area contributed by atoms with Gasteiger partial charge in [0.25, 0.3) is 5.56 Å². The van der Waals surface area contributed by atoms with Crippen LogP contribution in [0.25, 0.3) is 10.9 Å². The molecule has 3 heterocycles. The molecule has 0 saturated carbocycles. The van der Waals surface area contributed by atoms with E-state index in [0.717, 1.165) is 37.3 Å². The standard InChI is InChI=1S/C24H27N3O5/c1-29-20-12-16-17(13-21(20)30-2)25-23(26-24(16)28)14-27-8-3-5-18(27)15-6-7-19-22(11-15)32-10-4-9-31-19/h6-7,11-13,18H,3-5,8-10,14H2,1-2H3,(H,25,26,28)/t18-/m1/s1. The second kappa shape index (κ2) is 8.70. The fraction of sp³-hybridized carbons (Fsp3) is 0.417. The van der Waals surface area contributed by atoms with Crippen molar-refractivity contribution in [2.75, 3.05) is 34.0 Å². The summed E-state index contributed by atoms with van der Waals surface area (Å²) in [4.78, 5) is 22.8. The molecule has 0 unspecified atom stereocenters. The number of nitrogens with one attached hydrogen (secondary N) is 1. The predicted molar refractivity (Wildman–Crippen MR) is 120 cm³/mol. The summed E-state index contributed by atoms with van der Waals surface area (Å²) in [7, 11) is 3.12. The lowest BCUT2D eigenvalue weighted by molar-refractivity contribution is 0.241. The number of H-pyrrole nitrogens is 1. The maximum absolute atomic E-state index is 12.7. The van der Waals surface area contributed by atoms with Crippen molar-refractivity contribution < 1.29 is 18.9 Å². The van der Waals surface area contributed by atoms with Crippen molar-refractivity contribution in [2.24, 2.45) is 0 Å². The van der Waals surface area contributed by atoms with Crippen LogP contribution < -0.4 is 24.5 Å². The highest BCUT2D eigenvalue weighted by Gasteiger charge is 2.28. The van der Waals surface area contributed by atoms with Crippen LogP contribution in [-0.4, -0.2) is 48.8 Å². The zero-order valence-electron chi connectivity index (χ0n) is 18.3. The van der Waals surface area contributed by atoms with Gasteiger partial charge in [-0.25, -0.2) is 4.98 Å². The van der Waals surface area contributed by atoms with Crippen molar-refractivity contribution in [1.82, 2.24) is 14.9 Å². The van der Waals surface area contributed by atoms with Gasteiger partial charge in [-0.3, -0.25) is 9.69 Å². The molecular weight excluding hydrogens is 410 g/mol. The summed E-state index contributed by atoms with van der Waals surface area (Å²) in [5.74, 6) is 3.31. The molecule has 32 heavy (non-hydrogen) atoms. The van der Waals surface area contributed by atoms with E-state index >= 15 is 0 Å². The van der Waals surface area contributed by atoms with Gasteiger partial charge in [0, 0.05) is 18.5 Å². The Labute approximate surface area is 186 Å². The van der Waals surface area contributed by atoms with Gasteiger partial charge in [0.05, 0.1) is 44.9 Å². The molecule has 5 rings (SSSR count). The van der Waals surface area contributed by atoms with Crippen LogP contribution in [0.2, 0.25) is 0 Å². The summed E-state index contributed by atoms with van der Waals surface area (Å²) >= 11 is 0. The third kappa shape index (κ3) is 3.86. The Morgan fingerprint density at radius 2 is 1.84 bits per heavy atom. The maximum atomic E-state index is 12.7. The summed E-state index contributed by atoms with van der Waals surface area (Å²) in [5, 5.41) is 0.479. The van der Waals surface area contributed by atoms with Crippen LogP contribution >= 0.6 is 0 Å². The van der Waals surface area contributed by atoms with Crippen LogP contribution in [0.15, 0.2) is 35.1 Å². The molecule has 1 N–H and O–H groups in total. The van der Waals surface area contributed by atoms with Gasteiger partial charge >= 0.3 is 0 Å². The molecule has 8 nitrogen and oxygen atoms in total. The molecule has 2 aromatic carbocycles. The zero-order chi connectivity index (χ0) is 22.1. The first-order chi connectivity index (χ1) is 15.7. The van der Waals surface area contributed by atoms with Crippen LogP contribution in [0.3, 0.4) is 0 Å². The van der Waals surface area contributed by atoms with Gasteiger partial charge in [-0.05, 0) is 43.1 Å². The topological polar surface area (TPSA) is 85.9 Å². The van der Waals surface area contributed by atoms with E-state index in [1.54, 1.807) is 26.4 Å². The highest BCUT2D eigenvalue weighted by Crippen LogP contribution is 2.38. The SMILES string of the molecule is COc1cc2nc(CN3CCC[C@@H]3c3ccc4c(c3)OCCCO4)[nH]c(=O)c2cc1OC. The molecule has 0 radical (unpaired) electrons. The number of nitrogens with zero attached hydrogens (tertiary/aromatic N) is 2. The van der Waals surface area contributed by atoms with Gasteiger partial charge < -0.3 is 23.9 Å². The molecule has 1 saturated heterocycles. The normalized spacial score (nSPS) is 18.5. The fourth-order valence-electron chi connectivity index (χ4n) is 4.56. The third-order valence-corrected chi connectivity index (χ3v) is 6.13. The Morgan fingerprint density at radius 1 is 1.06 bits per heavy atom. The Bertz CT molecular complexity index is 1190. The van der Waals surface area contributed by atoms with Crippen molar-refractivity contribution in [3.63, 3.8) is 0 Å². The van der Waals surface area contributed by atoms with Crippen molar-refractivity contribution in [2.45, 2.75) is 31.8 Å². The number of aromatic amines is 1. The second-order valence-corrected chi connectivity index (χ2v) is 8.12. The molecule has 0 aliphatic carbocycles. The summed E-state index contributed by atoms with van der Waals surface area (Å²) in [5.41, 5.74) is 1.60. The Balaban J connectivity index is 1.43. The van der Waals surface area contributed by atoms with Gasteiger partial charge in [-0.1, -0.05) is 6.07 Å². The van der Waals surface area contributed by atoms with Crippen LogP contribution in [-0.2, 0) is 6.54 Å².